The molecule has 4 amide bonds. The molecule has 1 fully saturated rings. The van der Waals surface area contributed by atoms with Gasteiger partial charge in [0.1, 0.15) is 6.04 Å². The lowest BCUT2D eigenvalue weighted by atomic mass is 9.74. The minimum Gasteiger partial charge on any atom is -0.356 e. The first-order chi connectivity index (χ1) is 22.0. The van der Waals surface area contributed by atoms with Crippen LogP contribution in [-0.4, -0.2) is 71.6 Å². The number of likely N-dealkylation sites (tertiary alicyclic amines) is 1. The molecule has 2 aromatic rings. The molecule has 2 aromatic carbocycles. The predicted molar refractivity (Wildman–Crippen MR) is 184 cm³/mol. The van der Waals surface area contributed by atoms with E-state index in [1.165, 1.54) is 6.92 Å². The Morgan fingerprint density at radius 1 is 0.935 bits per heavy atom. The first-order valence-electron chi connectivity index (χ1n) is 15.8. The van der Waals surface area contributed by atoms with Gasteiger partial charge in [-0.3, -0.25) is 24.0 Å². The highest BCUT2D eigenvalue weighted by molar-refractivity contribution is 8.14. The first-order valence-corrected chi connectivity index (χ1v) is 17.5. The molecule has 1 unspecified atom stereocenters. The number of piperidine rings is 1. The van der Waals surface area contributed by atoms with E-state index in [1.54, 1.807) is 23.1 Å². The average Bonchev–Trinajstić information content (AvgIpc) is 3.03. The Labute approximate surface area is 285 Å². The van der Waals surface area contributed by atoms with E-state index in [9.17, 15) is 24.0 Å². The molecule has 1 saturated heterocycles. The van der Waals surface area contributed by atoms with Crippen molar-refractivity contribution in [3.05, 3.63) is 69.7 Å². The average molecular weight is 692 g/mol. The zero-order valence-corrected chi connectivity index (χ0v) is 28.9. The number of carbonyl (C=O) groups is 5. The maximum Gasteiger partial charge on any atom is 0.245 e. The van der Waals surface area contributed by atoms with E-state index in [1.807, 2.05) is 37.3 Å². The Balaban J connectivity index is 1.68. The number of benzene rings is 2. The maximum absolute atomic E-state index is 14.1. The van der Waals surface area contributed by atoms with E-state index in [2.05, 4.69) is 16.0 Å². The summed E-state index contributed by atoms with van der Waals surface area (Å²) in [5, 5.41) is 9.37. The largest absolute Gasteiger partial charge is 0.356 e. The Hall–Kier alpha value is -3.08. The van der Waals surface area contributed by atoms with Crippen molar-refractivity contribution < 1.29 is 24.0 Å². The summed E-state index contributed by atoms with van der Waals surface area (Å²) >= 11 is 13.4. The molecule has 0 radical (unpaired) electrons. The summed E-state index contributed by atoms with van der Waals surface area (Å²) in [6.07, 6.45) is 4.23. The van der Waals surface area contributed by atoms with Crippen LogP contribution in [0.5, 0.6) is 0 Å². The van der Waals surface area contributed by atoms with Crippen molar-refractivity contribution in [1.29, 1.82) is 0 Å². The van der Waals surface area contributed by atoms with Gasteiger partial charge in [-0.25, -0.2) is 0 Å². The van der Waals surface area contributed by atoms with Gasteiger partial charge in [-0.2, -0.15) is 0 Å². The summed E-state index contributed by atoms with van der Waals surface area (Å²) in [4.78, 5) is 65.3. The SMILES string of the molecule is CCNC(=O)[C@]1(Cc2ccccc2)CCCN(C(=O)C(Cc2ccc(Cl)c(Cl)c2)NC(=O)CCCCCNC(=O)CSC(C)=O)C1. The van der Waals surface area contributed by atoms with Crippen LogP contribution in [0.3, 0.4) is 0 Å². The number of nitrogens with one attached hydrogen (secondary N) is 3. The summed E-state index contributed by atoms with van der Waals surface area (Å²) < 4.78 is 0. The van der Waals surface area contributed by atoms with Crippen LogP contribution in [0.15, 0.2) is 48.5 Å². The van der Waals surface area contributed by atoms with Crippen molar-refractivity contribution in [2.75, 3.05) is 31.9 Å². The number of halogens is 2. The molecule has 9 nitrogen and oxygen atoms in total. The van der Waals surface area contributed by atoms with E-state index in [4.69, 9.17) is 23.2 Å². The van der Waals surface area contributed by atoms with Gasteiger partial charge in [0.25, 0.3) is 0 Å². The van der Waals surface area contributed by atoms with Crippen molar-refractivity contribution >= 4 is 63.7 Å². The van der Waals surface area contributed by atoms with Gasteiger partial charge in [0.15, 0.2) is 5.12 Å². The number of hydrogen-bond acceptors (Lipinski definition) is 6. The van der Waals surface area contributed by atoms with Gasteiger partial charge in [0.2, 0.25) is 23.6 Å². The van der Waals surface area contributed by atoms with E-state index < -0.39 is 11.5 Å². The van der Waals surface area contributed by atoms with E-state index in [-0.39, 0.29) is 53.9 Å². The molecule has 46 heavy (non-hydrogen) atoms. The molecule has 250 valence electrons. The Morgan fingerprint density at radius 2 is 1.70 bits per heavy atom. The van der Waals surface area contributed by atoms with Crippen LogP contribution in [0.25, 0.3) is 0 Å². The predicted octanol–water partition coefficient (Wildman–Crippen LogP) is 4.96. The molecule has 0 aromatic heterocycles. The van der Waals surface area contributed by atoms with E-state index in [0.29, 0.717) is 68.2 Å². The van der Waals surface area contributed by atoms with Crippen molar-refractivity contribution in [1.82, 2.24) is 20.9 Å². The molecule has 0 saturated carbocycles. The van der Waals surface area contributed by atoms with Gasteiger partial charge in [0, 0.05) is 45.9 Å². The lowest BCUT2D eigenvalue weighted by Crippen LogP contribution is -2.58. The van der Waals surface area contributed by atoms with E-state index >= 15 is 0 Å². The highest BCUT2D eigenvalue weighted by Gasteiger charge is 2.44. The quantitative estimate of drug-likeness (QED) is 0.214. The summed E-state index contributed by atoms with van der Waals surface area (Å²) in [5.74, 6) is -0.669. The van der Waals surface area contributed by atoms with Crippen LogP contribution in [0, 0.1) is 5.41 Å². The Kier molecular flexibility index (Phi) is 15.4. The molecule has 0 aliphatic carbocycles. The van der Waals surface area contributed by atoms with Crippen molar-refractivity contribution in [3.8, 4) is 0 Å². The Bertz CT molecular complexity index is 1360. The van der Waals surface area contributed by atoms with Gasteiger partial charge in [-0.15, -0.1) is 0 Å². The van der Waals surface area contributed by atoms with Crippen molar-refractivity contribution in [3.63, 3.8) is 0 Å². The van der Waals surface area contributed by atoms with Crippen LogP contribution >= 0.6 is 35.0 Å². The zero-order chi connectivity index (χ0) is 33.5. The standard InChI is InChI=1S/C34H44Cl2N4O5S/c1-3-37-33(45)34(21-25-11-6-4-7-12-25)16-10-18-40(23-34)32(44)29(20-26-14-15-27(35)28(36)19-26)39-30(42)13-8-5-9-17-38-31(43)22-46-24(2)41/h4,6-7,11-12,14-15,19,29H,3,5,8-10,13,16-18,20-23H2,1-2H3,(H,37,45)(H,38,43)(H,39,42)/t29?,34-/m0/s1. The van der Waals surface area contributed by atoms with Crippen molar-refractivity contribution in [2.24, 2.45) is 5.41 Å². The number of hydrogen-bond donors (Lipinski definition) is 3. The van der Waals surface area contributed by atoms with Crippen LogP contribution in [0.2, 0.25) is 10.0 Å². The van der Waals surface area contributed by atoms with Gasteiger partial charge in [-0.05, 0) is 62.3 Å². The van der Waals surface area contributed by atoms with Crippen LogP contribution in [0.1, 0.15) is 63.5 Å². The smallest absolute Gasteiger partial charge is 0.245 e. The maximum atomic E-state index is 14.1. The highest BCUT2D eigenvalue weighted by atomic mass is 35.5. The highest BCUT2D eigenvalue weighted by Crippen LogP contribution is 2.35. The molecule has 3 rings (SSSR count). The van der Waals surface area contributed by atoms with Crippen LogP contribution < -0.4 is 16.0 Å². The van der Waals surface area contributed by atoms with Gasteiger partial charge >= 0.3 is 0 Å². The molecular weight excluding hydrogens is 647 g/mol. The van der Waals surface area contributed by atoms with E-state index in [0.717, 1.165) is 22.9 Å². The van der Waals surface area contributed by atoms with Crippen molar-refractivity contribution in [2.45, 2.75) is 71.3 Å². The summed E-state index contributed by atoms with van der Waals surface area (Å²) in [7, 11) is 0. The molecule has 1 aliphatic rings. The number of unbranched alkanes of at least 4 members (excludes halogenated alkanes) is 2. The molecule has 3 N–H and O–H groups in total. The summed E-state index contributed by atoms with van der Waals surface area (Å²) in [6, 6.07) is 14.1. The first kappa shape index (κ1) is 37.4. The second-order valence-corrected chi connectivity index (χ2v) is 13.6. The van der Waals surface area contributed by atoms with Gasteiger partial charge in [-0.1, -0.05) is 77.8 Å². The topological polar surface area (TPSA) is 125 Å². The number of nitrogens with zero attached hydrogens (tertiary/aromatic N) is 1. The summed E-state index contributed by atoms with van der Waals surface area (Å²) in [5.41, 5.74) is 0.991. The second-order valence-electron chi connectivity index (χ2n) is 11.7. The molecule has 2 atom stereocenters. The zero-order valence-electron chi connectivity index (χ0n) is 26.5. The minimum absolute atomic E-state index is 0.0739. The third-order valence-electron chi connectivity index (χ3n) is 7.96. The fraction of sp³-hybridized carbons (Fsp3) is 0.500. The van der Waals surface area contributed by atoms with Gasteiger partial charge < -0.3 is 20.9 Å². The molecular formula is C34H44Cl2N4O5S. The number of rotatable bonds is 16. The minimum atomic E-state index is -0.857. The Morgan fingerprint density at radius 3 is 2.39 bits per heavy atom. The molecule has 1 heterocycles. The molecule has 12 heteroatoms. The molecule has 0 spiro atoms. The third-order valence-corrected chi connectivity index (χ3v) is 9.51. The van der Waals surface area contributed by atoms with Gasteiger partial charge in [0.05, 0.1) is 21.2 Å². The van der Waals surface area contributed by atoms with Crippen LogP contribution in [-0.2, 0) is 36.8 Å². The summed E-state index contributed by atoms with van der Waals surface area (Å²) in [6.45, 7) is 4.99. The monoisotopic (exact) mass is 690 g/mol. The lowest BCUT2D eigenvalue weighted by molar-refractivity contribution is -0.144. The number of amides is 4. The fourth-order valence-electron chi connectivity index (χ4n) is 5.69. The third kappa shape index (κ3) is 11.9. The fourth-order valence-corrected chi connectivity index (χ4v) is 6.44. The normalized spacial score (nSPS) is 16.7. The lowest BCUT2D eigenvalue weighted by Gasteiger charge is -2.43. The second kappa shape index (κ2) is 18.9. The number of thioether (sulfide) groups is 1. The number of carbonyl (C=O) groups excluding carboxylic acids is 5. The van der Waals surface area contributed by atoms with Crippen LogP contribution in [0.4, 0.5) is 0 Å². The molecule has 0 bridgehead atoms. The molecule has 1 aliphatic heterocycles.